The van der Waals surface area contributed by atoms with E-state index in [0.717, 1.165) is 6.42 Å². The zero-order valence-electron chi connectivity index (χ0n) is 12.8. The van der Waals surface area contributed by atoms with Crippen molar-refractivity contribution in [2.75, 3.05) is 11.9 Å². The molecule has 4 heteroatoms. The van der Waals surface area contributed by atoms with Crippen LogP contribution >= 0.6 is 11.6 Å². The highest BCUT2D eigenvalue weighted by molar-refractivity contribution is 6.30. The molecule has 0 aliphatic carbocycles. The highest BCUT2D eigenvalue weighted by Crippen LogP contribution is 2.21. The third-order valence-corrected chi connectivity index (χ3v) is 3.77. The van der Waals surface area contributed by atoms with Crippen LogP contribution in [-0.4, -0.2) is 12.5 Å². The van der Waals surface area contributed by atoms with Gasteiger partial charge in [-0.15, -0.1) is 0 Å². The van der Waals surface area contributed by atoms with Gasteiger partial charge in [0.25, 0.3) is 5.91 Å². The number of halogens is 1. The smallest absolute Gasteiger partial charge is 0.262 e. The lowest BCUT2D eigenvalue weighted by molar-refractivity contribution is -0.118. The van der Waals surface area contributed by atoms with Crippen LogP contribution in [0.3, 0.4) is 0 Å². The van der Waals surface area contributed by atoms with E-state index in [2.05, 4.69) is 19.2 Å². The molecular weight excluding hydrogens is 298 g/mol. The summed E-state index contributed by atoms with van der Waals surface area (Å²) in [5, 5.41) is 3.33. The lowest BCUT2D eigenvalue weighted by atomic mass is 9.99. The van der Waals surface area contributed by atoms with Gasteiger partial charge in [0.05, 0.1) is 0 Å². The normalized spacial score (nSPS) is 11.8. The Labute approximate surface area is 136 Å². The minimum atomic E-state index is -0.215. The molecule has 1 unspecified atom stereocenters. The van der Waals surface area contributed by atoms with Crippen molar-refractivity contribution in [1.82, 2.24) is 0 Å². The molecule has 0 saturated carbocycles. The van der Waals surface area contributed by atoms with E-state index in [9.17, 15) is 4.79 Å². The molecule has 0 radical (unpaired) electrons. The predicted octanol–water partition coefficient (Wildman–Crippen LogP) is 4.87. The standard InChI is InChI=1S/C18H20ClNO2/c1-3-13(2)14-7-9-17(10-8-14)22-12-18(21)20-16-6-4-5-15(19)11-16/h4-11,13H,3,12H2,1-2H3,(H,20,21). The van der Waals surface area contributed by atoms with E-state index in [-0.39, 0.29) is 12.5 Å². The summed E-state index contributed by atoms with van der Waals surface area (Å²) in [6.45, 7) is 4.32. The monoisotopic (exact) mass is 317 g/mol. The van der Waals surface area contributed by atoms with Crippen LogP contribution in [0.1, 0.15) is 31.7 Å². The van der Waals surface area contributed by atoms with Gasteiger partial charge >= 0.3 is 0 Å². The zero-order chi connectivity index (χ0) is 15.9. The van der Waals surface area contributed by atoms with Crippen molar-refractivity contribution in [2.45, 2.75) is 26.2 Å². The van der Waals surface area contributed by atoms with Gasteiger partial charge in [0.2, 0.25) is 0 Å². The molecule has 0 bridgehead atoms. The van der Waals surface area contributed by atoms with E-state index < -0.39 is 0 Å². The third kappa shape index (κ3) is 4.78. The molecule has 0 heterocycles. The molecule has 116 valence electrons. The van der Waals surface area contributed by atoms with Crippen LogP contribution in [0.2, 0.25) is 5.02 Å². The summed E-state index contributed by atoms with van der Waals surface area (Å²) < 4.78 is 5.49. The Morgan fingerprint density at radius 1 is 1.23 bits per heavy atom. The van der Waals surface area contributed by atoms with Gasteiger partial charge in [-0.05, 0) is 48.2 Å². The van der Waals surface area contributed by atoms with Crippen LogP contribution in [0.15, 0.2) is 48.5 Å². The van der Waals surface area contributed by atoms with E-state index >= 15 is 0 Å². The van der Waals surface area contributed by atoms with E-state index in [4.69, 9.17) is 16.3 Å². The SMILES string of the molecule is CCC(C)c1ccc(OCC(=O)Nc2cccc(Cl)c2)cc1. The van der Waals surface area contributed by atoms with Crippen LogP contribution in [-0.2, 0) is 4.79 Å². The third-order valence-electron chi connectivity index (χ3n) is 3.54. The number of carbonyl (C=O) groups excluding carboxylic acids is 1. The highest BCUT2D eigenvalue weighted by atomic mass is 35.5. The first-order chi connectivity index (χ1) is 10.6. The Morgan fingerprint density at radius 3 is 2.59 bits per heavy atom. The van der Waals surface area contributed by atoms with Gasteiger partial charge in [0, 0.05) is 10.7 Å². The second-order valence-electron chi connectivity index (χ2n) is 5.23. The summed E-state index contributed by atoms with van der Waals surface area (Å²) in [5.41, 5.74) is 1.94. The number of ether oxygens (including phenoxy) is 1. The molecule has 2 aromatic carbocycles. The molecule has 0 aromatic heterocycles. The number of nitrogens with one attached hydrogen (secondary N) is 1. The maximum atomic E-state index is 11.8. The number of rotatable bonds is 6. The van der Waals surface area contributed by atoms with E-state index in [1.807, 2.05) is 24.3 Å². The number of carbonyl (C=O) groups is 1. The van der Waals surface area contributed by atoms with Crippen LogP contribution in [0.25, 0.3) is 0 Å². The number of hydrogen-bond acceptors (Lipinski definition) is 2. The van der Waals surface area contributed by atoms with Gasteiger partial charge in [-0.2, -0.15) is 0 Å². The fourth-order valence-electron chi connectivity index (χ4n) is 2.04. The van der Waals surface area contributed by atoms with Crippen molar-refractivity contribution in [1.29, 1.82) is 0 Å². The first-order valence-electron chi connectivity index (χ1n) is 7.36. The lowest BCUT2D eigenvalue weighted by Crippen LogP contribution is -2.20. The lowest BCUT2D eigenvalue weighted by Gasteiger charge is -2.11. The fraction of sp³-hybridized carbons (Fsp3) is 0.278. The largest absolute Gasteiger partial charge is 0.484 e. The Kier molecular flexibility index (Phi) is 5.84. The van der Waals surface area contributed by atoms with Gasteiger partial charge in [-0.25, -0.2) is 0 Å². The number of hydrogen-bond donors (Lipinski definition) is 1. The molecule has 1 atom stereocenters. The van der Waals surface area contributed by atoms with Crippen molar-refractivity contribution in [3.63, 3.8) is 0 Å². The zero-order valence-corrected chi connectivity index (χ0v) is 13.6. The van der Waals surface area contributed by atoms with Crippen molar-refractivity contribution >= 4 is 23.2 Å². The first-order valence-corrected chi connectivity index (χ1v) is 7.74. The molecule has 0 aliphatic heterocycles. The van der Waals surface area contributed by atoms with Crippen molar-refractivity contribution in [3.05, 3.63) is 59.1 Å². The Morgan fingerprint density at radius 2 is 1.95 bits per heavy atom. The molecule has 1 amide bonds. The van der Waals surface area contributed by atoms with Crippen LogP contribution in [0, 0.1) is 0 Å². The summed E-state index contributed by atoms with van der Waals surface area (Å²) in [5.74, 6) is 1.00. The summed E-state index contributed by atoms with van der Waals surface area (Å²) in [7, 11) is 0. The molecule has 0 spiro atoms. The molecule has 2 aromatic rings. The molecule has 0 aliphatic rings. The first kappa shape index (κ1) is 16.4. The second-order valence-corrected chi connectivity index (χ2v) is 5.66. The average molecular weight is 318 g/mol. The molecule has 3 nitrogen and oxygen atoms in total. The summed E-state index contributed by atoms with van der Waals surface area (Å²) >= 11 is 5.87. The van der Waals surface area contributed by atoms with Gasteiger partial charge in [0.15, 0.2) is 6.61 Å². The van der Waals surface area contributed by atoms with E-state index in [0.29, 0.717) is 22.4 Å². The van der Waals surface area contributed by atoms with Gasteiger partial charge < -0.3 is 10.1 Å². The van der Waals surface area contributed by atoms with Crippen LogP contribution < -0.4 is 10.1 Å². The fourth-order valence-corrected chi connectivity index (χ4v) is 2.23. The van der Waals surface area contributed by atoms with Crippen molar-refractivity contribution in [3.8, 4) is 5.75 Å². The van der Waals surface area contributed by atoms with E-state index in [1.54, 1.807) is 24.3 Å². The second kappa shape index (κ2) is 7.85. The molecular formula is C18H20ClNO2. The quantitative estimate of drug-likeness (QED) is 0.825. The number of amides is 1. The summed E-state index contributed by atoms with van der Waals surface area (Å²) in [6.07, 6.45) is 1.10. The Balaban J connectivity index is 1.86. The number of anilines is 1. The summed E-state index contributed by atoms with van der Waals surface area (Å²) in [6, 6.07) is 14.9. The van der Waals surface area contributed by atoms with Crippen LogP contribution in [0.4, 0.5) is 5.69 Å². The minimum Gasteiger partial charge on any atom is -0.484 e. The summed E-state index contributed by atoms with van der Waals surface area (Å²) in [4.78, 5) is 11.8. The molecule has 1 N–H and O–H groups in total. The topological polar surface area (TPSA) is 38.3 Å². The molecule has 0 saturated heterocycles. The molecule has 0 fully saturated rings. The number of benzene rings is 2. The van der Waals surface area contributed by atoms with Crippen molar-refractivity contribution in [2.24, 2.45) is 0 Å². The van der Waals surface area contributed by atoms with Crippen LogP contribution in [0.5, 0.6) is 5.75 Å². The maximum Gasteiger partial charge on any atom is 0.262 e. The Hall–Kier alpha value is -2.00. The molecule has 2 rings (SSSR count). The Bertz CT molecular complexity index is 625. The van der Waals surface area contributed by atoms with Gasteiger partial charge in [-0.3, -0.25) is 4.79 Å². The average Bonchev–Trinajstić information content (AvgIpc) is 2.52. The van der Waals surface area contributed by atoms with E-state index in [1.165, 1.54) is 5.56 Å². The van der Waals surface area contributed by atoms with Gasteiger partial charge in [0.1, 0.15) is 5.75 Å². The molecule has 22 heavy (non-hydrogen) atoms. The minimum absolute atomic E-state index is 0.0325. The van der Waals surface area contributed by atoms with Crippen molar-refractivity contribution < 1.29 is 9.53 Å². The maximum absolute atomic E-state index is 11.8. The predicted molar refractivity (Wildman–Crippen MR) is 90.7 cm³/mol. The van der Waals surface area contributed by atoms with Gasteiger partial charge in [-0.1, -0.05) is 43.6 Å². The highest BCUT2D eigenvalue weighted by Gasteiger charge is 2.06.